The highest BCUT2D eigenvalue weighted by Gasteiger charge is 2.19. The van der Waals surface area contributed by atoms with Crippen molar-refractivity contribution in [3.8, 4) is 11.5 Å². The molecular formula is C28H21BrClN3O6S. The SMILES string of the molecule is COc1cc(C=NNC(=O)c2ccccc2NS(=O)(=O)c2ccc(Cl)cc2)ccc1OC(=O)c1cccc(Br)c1. The van der Waals surface area contributed by atoms with Crippen LogP contribution in [0, 0.1) is 0 Å². The second kappa shape index (κ2) is 12.8. The van der Waals surface area contributed by atoms with Crippen LogP contribution in [0.15, 0.2) is 105 Å². The fraction of sp³-hybridized carbons (Fsp3) is 0.0357. The predicted molar refractivity (Wildman–Crippen MR) is 156 cm³/mol. The number of para-hydroxylation sites is 1. The van der Waals surface area contributed by atoms with Crippen LogP contribution in [0.2, 0.25) is 5.02 Å². The highest BCUT2D eigenvalue weighted by Crippen LogP contribution is 2.29. The molecule has 0 aliphatic rings. The summed E-state index contributed by atoms with van der Waals surface area (Å²) in [6.45, 7) is 0. The van der Waals surface area contributed by atoms with Gasteiger partial charge in [-0.2, -0.15) is 5.10 Å². The Morgan fingerprint density at radius 3 is 2.40 bits per heavy atom. The highest BCUT2D eigenvalue weighted by molar-refractivity contribution is 9.10. The van der Waals surface area contributed by atoms with E-state index in [0.29, 0.717) is 16.1 Å². The molecule has 4 aromatic rings. The number of esters is 1. The third-order valence-electron chi connectivity index (χ3n) is 5.37. The topological polar surface area (TPSA) is 123 Å². The van der Waals surface area contributed by atoms with E-state index in [2.05, 4.69) is 31.2 Å². The third-order valence-corrected chi connectivity index (χ3v) is 7.50. The average molecular weight is 643 g/mol. The second-order valence-electron chi connectivity index (χ2n) is 8.11. The Bertz CT molecular complexity index is 1690. The number of ether oxygens (including phenoxy) is 2. The standard InChI is InChI=1S/C28H21BrClN3O6S/c1-38-26-15-18(9-14-25(26)39-28(35)19-5-4-6-20(29)16-19)17-31-32-27(34)23-7-2-3-8-24(23)33-40(36,37)22-12-10-21(30)11-13-22/h2-17,33H,1H3,(H,32,34). The number of benzene rings is 4. The molecule has 0 radical (unpaired) electrons. The zero-order chi connectivity index (χ0) is 28.7. The van der Waals surface area contributed by atoms with Gasteiger partial charge in [0.25, 0.3) is 15.9 Å². The number of methoxy groups -OCH3 is 1. The van der Waals surface area contributed by atoms with Gasteiger partial charge in [-0.25, -0.2) is 18.6 Å². The van der Waals surface area contributed by atoms with Gasteiger partial charge in [-0.1, -0.05) is 45.7 Å². The Kier molecular flexibility index (Phi) is 9.20. The summed E-state index contributed by atoms with van der Waals surface area (Å²) in [5, 5.41) is 4.36. The fourth-order valence-corrected chi connectivity index (χ4v) is 5.04. The molecule has 0 heterocycles. The van der Waals surface area contributed by atoms with Gasteiger partial charge < -0.3 is 9.47 Å². The largest absolute Gasteiger partial charge is 0.493 e. The van der Waals surface area contributed by atoms with Crippen LogP contribution in [0.1, 0.15) is 26.3 Å². The quantitative estimate of drug-likeness (QED) is 0.102. The van der Waals surface area contributed by atoms with Crippen molar-refractivity contribution in [1.29, 1.82) is 0 Å². The van der Waals surface area contributed by atoms with Crippen molar-refractivity contribution in [2.45, 2.75) is 4.90 Å². The normalized spacial score (nSPS) is 11.2. The number of hydrogen-bond acceptors (Lipinski definition) is 7. The summed E-state index contributed by atoms with van der Waals surface area (Å²) in [4.78, 5) is 25.3. The number of carbonyl (C=O) groups excluding carboxylic acids is 2. The van der Waals surface area contributed by atoms with E-state index in [1.54, 1.807) is 54.6 Å². The molecule has 40 heavy (non-hydrogen) atoms. The van der Waals surface area contributed by atoms with Crippen molar-refractivity contribution in [1.82, 2.24) is 5.43 Å². The minimum atomic E-state index is -3.97. The molecule has 9 nitrogen and oxygen atoms in total. The maximum Gasteiger partial charge on any atom is 0.343 e. The maximum atomic E-state index is 12.8. The Morgan fingerprint density at radius 2 is 1.68 bits per heavy atom. The smallest absolute Gasteiger partial charge is 0.343 e. The zero-order valence-corrected chi connectivity index (χ0v) is 24.0. The first-order valence-corrected chi connectivity index (χ1v) is 14.2. The summed E-state index contributed by atoms with van der Waals surface area (Å²) >= 11 is 9.16. The Balaban J connectivity index is 1.44. The number of hydrogen-bond donors (Lipinski definition) is 2. The molecule has 0 saturated carbocycles. The fourth-order valence-electron chi connectivity index (χ4n) is 3.44. The molecule has 0 unspecified atom stereocenters. The van der Waals surface area contributed by atoms with Crippen molar-refractivity contribution in [3.05, 3.63) is 117 Å². The van der Waals surface area contributed by atoms with Gasteiger partial charge in [0.2, 0.25) is 0 Å². The molecular weight excluding hydrogens is 622 g/mol. The lowest BCUT2D eigenvalue weighted by Gasteiger charge is -2.12. The molecule has 0 aliphatic carbocycles. The van der Waals surface area contributed by atoms with E-state index in [1.807, 2.05) is 0 Å². The van der Waals surface area contributed by atoms with Gasteiger partial charge >= 0.3 is 5.97 Å². The van der Waals surface area contributed by atoms with Crippen molar-refractivity contribution in [2.24, 2.45) is 5.10 Å². The molecule has 0 aliphatic heterocycles. The number of carbonyl (C=O) groups is 2. The number of halogens is 2. The lowest BCUT2D eigenvalue weighted by molar-refractivity contribution is 0.0729. The number of hydrazone groups is 1. The minimum absolute atomic E-state index is 0.00940. The van der Waals surface area contributed by atoms with Gasteiger partial charge in [-0.05, 0) is 78.4 Å². The molecule has 0 atom stereocenters. The summed E-state index contributed by atoms with van der Waals surface area (Å²) < 4.78 is 39.5. The number of rotatable bonds is 9. The number of amides is 1. The van der Waals surface area contributed by atoms with Gasteiger partial charge in [0.15, 0.2) is 11.5 Å². The first-order valence-electron chi connectivity index (χ1n) is 11.5. The molecule has 1 amide bonds. The van der Waals surface area contributed by atoms with Crippen molar-refractivity contribution in [2.75, 3.05) is 11.8 Å². The van der Waals surface area contributed by atoms with Crippen LogP contribution in [0.4, 0.5) is 5.69 Å². The van der Waals surface area contributed by atoms with Crippen LogP contribution >= 0.6 is 27.5 Å². The van der Waals surface area contributed by atoms with Crippen molar-refractivity contribution < 1.29 is 27.5 Å². The number of nitrogens with one attached hydrogen (secondary N) is 2. The average Bonchev–Trinajstić information content (AvgIpc) is 2.94. The van der Waals surface area contributed by atoms with Gasteiger partial charge in [-0.15, -0.1) is 0 Å². The lowest BCUT2D eigenvalue weighted by atomic mass is 10.2. The Morgan fingerprint density at radius 1 is 0.925 bits per heavy atom. The summed E-state index contributed by atoms with van der Waals surface area (Å²) in [6.07, 6.45) is 1.36. The summed E-state index contributed by atoms with van der Waals surface area (Å²) in [7, 11) is -2.54. The van der Waals surface area contributed by atoms with E-state index in [-0.39, 0.29) is 27.6 Å². The molecule has 4 aromatic carbocycles. The first-order chi connectivity index (χ1) is 19.2. The highest BCUT2D eigenvalue weighted by atomic mass is 79.9. The van der Waals surface area contributed by atoms with Crippen LogP contribution < -0.4 is 19.6 Å². The number of anilines is 1. The molecule has 0 spiro atoms. The van der Waals surface area contributed by atoms with Crippen molar-refractivity contribution in [3.63, 3.8) is 0 Å². The van der Waals surface area contributed by atoms with E-state index in [1.165, 1.54) is 49.7 Å². The van der Waals surface area contributed by atoms with Crippen molar-refractivity contribution >= 4 is 61.3 Å². The van der Waals surface area contributed by atoms with Crippen LogP contribution in [0.5, 0.6) is 11.5 Å². The minimum Gasteiger partial charge on any atom is -0.493 e. The van der Waals surface area contributed by atoms with Gasteiger partial charge in [0, 0.05) is 9.50 Å². The predicted octanol–water partition coefficient (Wildman–Crippen LogP) is 5.90. The van der Waals surface area contributed by atoms with Crippen LogP contribution in [-0.2, 0) is 10.0 Å². The zero-order valence-electron chi connectivity index (χ0n) is 20.8. The molecule has 0 fully saturated rings. The molecule has 2 N–H and O–H groups in total. The molecule has 12 heteroatoms. The Hall–Kier alpha value is -4.19. The molecule has 204 valence electrons. The van der Waals surface area contributed by atoms with Crippen LogP contribution in [-0.4, -0.2) is 33.6 Å². The number of sulfonamides is 1. The maximum absolute atomic E-state index is 12.8. The molecule has 0 saturated heterocycles. The van der Waals surface area contributed by atoms with Gasteiger partial charge in [-0.3, -0.25) is 9.52 Å². The van der Waals surface area contributed by atoms with Crippen LogP contribution in [0.25, 0.3) is 0 Å². The molecule has 0 aromatic heterocycles. The van der Waals surface area contributed by atoms with Crippen LogP contribution in [0.3, 0.4) is 0 Å². The second-order valence-corrected chi connectivity index (χ2v) is 11.1. The molecule has 0 bridgehead atoms. The number of nitrogens with zero attached hydrogens (tertiary/aromatic N) is 1. The molecule has 4 rings (SSSR count). The monoisotopic (exact) mass is 641 g/mol. The summed E-state index contributed by atoms with van der Waals surface area (Å²) in [6, 6.07) is 23.3. The first kappa shape index (κ1) is 28.8. The van der Waals surface area contributed by atoms with E-state index < -0.39 is 21.9 Å². The Labute approximate surface area is 244 Å². The van der Waals surface area contributed by atoms with E-state index in [9.17, 15) is 18.0 Å². The van der Waals surface area contributed by atoms with E-state index in [4.69, 9.17) is 21.1 Å². The summed E-state index contributed by atoms with van der Waals surface area (Å²) in [5.74, 6) is -0.716. The van der Waals surface area contributed by atoms with E-state index >= 15 is 0 Å². The van der Waals surface area contributed by atoms with E-state index in [0.717, 1.165) is 4.47 Å². The lowest BCUT2D eigenvalue weighted by Crippen LogP contribution is -2.21. The third kappa shape index (κ3) is 7.26. The summed E-state index contributed by atoms with van der Waals surface area (Å²) in [5.41, 5.74) is 3.41. The van der Waals surface area contributed by atoms with Gasteiger partial charge in [0.1, 0.15) is 0 Å². The van der Waals surface area contributed by atoms with Gasteiger partial charge in [0.05, 0.1) is 35.0 Å².